The van der Waals surface area contributed by atoms with Crippen LogP contribution in [-0.4, -0.2) is 4.98 Å². The summed E-state index contributed by atoms with van der Waals surface area (Å²) in [4.78, 5) is 4.62. The van der Waals surface area contributed by atoms with Crippen LogP contribution in [0.2, 0.25) is 0 Å². The minimum absolute atomic E-state index is 1.04. The summed E-state index contributed by atoms with van der Waals surface area (Å²) in [6.07, 6.45) is 2.98. The number of fused-ring (bicyclic) bond motifs is 3. The van der Waals surface area contributed by atoms with Gasteiger partial charge in [0, 0.05) is 16.5 Å². The number of benzene rings is 1. The molecule has 3 heteroatoms. The van der Waals surface area contributed by atoms with Gasteiger partial charge < -0.3 is 0 Å². The van der Waals surface area contributed by atoms with Crippen molar-refractivity contribution in [3.63, 3.8) is 0 Å². The van der Waals surface area contributed by atoms with E-state index in [-0.39, 0.29) is 0 Å². The molecule has 3 rings (SSSR count). The molecule has 0 aliphatic carbocycles. The lowest BCUT2D eigenvalue weighted by molar-refractivity contribution is -0.680. The topological polar surface area (TPSA) is 16.8 Å². The third-order valence-corrected chi connectivity index (χ3v) is 5.10. The Kier molecular flexibility index (Phi) is 2.59. The first-order valence-corrected chi connectivity index (χ1v) is 7.11. The van der Waals surface area contributed by atoms with Crippen LogP contribution in [0.15, 0.2) is 18.5 Å². The highest BCUT2D eigenvalue weighted by atomic mass is 32.1. The van der Waals surface area contributed by atoms with E-state index in [2.05, 4.69) is 49.5 Å². The Balaban J connectivity index is 2.54. The Morgan fingerprint density at radius 2 is 2.00 bits per heavy atom. The Morgan fingerprint density at radius 3 is 2.72 bits per heavy atom. The quantitative estimate of drug-likeness (QED) is 0.610. The van der Waals surface area contributed by atoms with Crippen molar-refractivity contribution in [3.8, 4) is 0 Å². The summed E-state index contributed by atoms with van der Waals surface area (Å²) >= 11 is 1.88. The molecule has 0 unspecified atom stereocenters. The molecule has 0 bridgehead atoms. The molecule has 18 heavy (non-hydrogen) atoms. The summed E-state index contributed by atoms with van der Waals surface area (Å²) in [5, 5.41) is 1.30. The second-order valence-corrected chi connectivity index (χ2v) is 5.84. The molecule has 0 aliphatic rings. The summed E-state index contributed by atoms with van der Waals surface area (Å²) in [5.41, 5.74) is 5.28. The maximum absolute atomic E-state index is 4.62. The SMILES string of the molecule is CCc1c2sc3c(C)c(C)ccc3c2nc[n+]1C. The van der Waals surface area contributed by atoms with Crippen LogP contribution in [0, 0.1) is 13.8 Å². The lowest BCUT2D eigenvalue weighted by Gasteiger charge is -1.98. The third kappa shape index (κ3) is 1.47. The highest BCUT2D eigenvalue weighted by molar-refractivity contribution is 7.26. The largest absolute Gasteiger partial charge is 0.286 e. The van der Waals surface area contributed by atoms with E-state index >= 15 is 0 Å². The van der Waals surface area contributed by atoms with Gasteiger partial charge in [-0.1, -0.05) is 13.0 Å². The molecule has 0 saturated carbocycles. The van der Waals surface area contributed by atoms with Gasteiger partial charge in [0.15, 0.2) is 0 Å². The summed E-state index contributed by atoms with van der Waals surface area (Å²) in [5.74, 6) is 0. The zero-order valence-electron chi connectivity index (χ0n) is 11.2. The number of nitrogens with zero attached hydrogens (tertiary/aromatic N) is 2. The van der Waals surface area contributed by atoms with E-state index in [0.717, 1.165) is 11.9 Å². The Labute approximate surface area is 111 Å². The normalized spacial score (nSPS) is 11.6. The van der Waals surface area contributed by atoms with Crippen LogP contribution >= 0.6 is 11.3 Å². The summed E-state index contributed by atoms with van der Waals surface area (Å²) in [7, 11) is 2.08. The lowest BCUT2D eigenvalue weighted by atomic mass is 10.1. The molecule has 1 aromatic carbocycles. The summed E-state index contributed by atoms with van der Waals surface area (Å²) in [6.45, 7) is 6.59. The highest BCUT2D eigenvalue weighted by Crippen LogP contribution is 2.36. The number of thiophene rings is 1. The second-order valence-electron chi connectivity index (χ2n) is 4.82. The van der Waals surface area contributed by atoms with Crippen molar-refractivity contribution in [2.24, 2.45) is 7.05 Å². The number of hydrogen-bond donors (Lipinski definition) is 0. The Morgan fingerprint density at radius 1 is 1.22 bits per heavy atom. The van der Waals surface area contributed by atoms with Crippen molar-refractivity contribution >= 4 is 31.6 Å². The van der Waals surface area contributed by atoms with Gasteiger partial charge in [-0.15, -0.1) is 11.3 Å². The van der Waals surface area contributed by atoms with E-state index < -0.39 is 0 Å². The van der Waals surface area contributed by atoms with Crippen molar-refractivity contribution in [3.05, 3.63) is 35.3 Å². The van der Waals surface area contributed by atoms with Crippen LogP contribution in [0.25, 0.3) is 20.3 Å². The maximum atomic E-state index is 4.62. The van der Waals surface area contributed by atoms with Gasteiger partial charge in [-0.25, -0.2) is 4.57 Å². The van der Waals surface area contributed by atoms with Gasteiger partial charge in [0.05, 0.1) is 7.05 Å². The molecule has 0 spiro atoms. The van der Waals surface area contributed by atoms with Crippen LogP contribution < -0.4 is 4.57 Å². The Bertz CT molecular complexity index is 756. The van der Waals surface area contributed by atoms with Crippen LogP contribution in [0.4, 0.5) is 0 Å². The lowest BCUT2D eigenvalue weighted by Crippen LogP contribution is -2.33. The molecular formula is C15H17N2S+. The summed E-state index contributed by atoms with van der Waals surface area (Å²) < 4.78 is 4.87. The minimum Gasteiger partial charge on any atom is -0.236 e. The molecule has 2 heterocycles. The number of aromatic nitrogens is 2. The molecule has 0 fully saturated rings. The van der Waals surface area contributed by atoms with E-state index in [4.69, 9.17) is 0 Å². The fourth-order valence-corrected chi connectivity index (χ4v) is 3.95. The number of rotatable bonds is 1. The molecule has 0 radical (unpaired) electrons. The van der Waals surface area contributed by atoms with E-state index in [1.165, 1.54) is 31.6 Å². The van der Waals surface area contributed by atoms with E-state index in [1.54, 1.807) is 0 Å². The van der Waals surface area contributed by atoms with Gasteiger partial charge >= 0.3 is 0 Å². The zero-order chi connectivity index (χ0) is 12.9. The van der Waals surface area contributed by atoms with E-state index in [9.17, 15) is 0 Å². The highest BCUT2D eigenvalue weighted by Gasteiger charge is 2.18. The van der Waals surface area contributed by atoms with Gasteiger partial charge in [0.2, 0.25) is 5.52 Å². The fourth-order valence-electron chi connectivity index (χ4n) is 2.49. The molecule has 0 atom stereocenters. The molecule has 92 valence electrons. The van der Waals surface area contributed by atoms with Gasteiger partial charge in [-0.3, -0.25) is 0 Å². The van der Waals surface area contributed by atoms with Gasteiger partial charge in [0.1, 0.15) is 10.4 Å². The summed E-state index contributed by atoms with van der Waals surface area (Å²) in [6, 6.07) is 4.41. The van der Waals surface area contributed by atoms with Crippen LogP contribution in [0.1, 0.15) is 23.7 Å². The average molecular weight is 257 g/mol. The van der Waals surface area contributed by atoms with Crippen molar-refractivity contribution in [1.82, 2.24) is 4.98 Å². The first-order chi connectivity index (χ1) is 8.63. The molecule has 0 amide bonds. The van der Waals surface area contributed by atoms with Crippen LogP contribution in [0.3, 0.4) is 0 Å². The molecule has 2 aromatic heterocycles. The monoisotopic (exact) mass is 257 g/mol. The average Bonchev–Trinajstić information content (AvgIpc) is 2.73. The predicted octanol–water partition coefficient (Wildman–Crippen LogP) is 3.45. The van der Waals surface area contributed by atoms with Gasteiger partial charge in [0.25, 0.3) is 6.33 Å². The van der Waals surface area contributed by atoms with Crippen LogP contribution in [-0.2, 0) is 13.5 Å². The first-order valence-electron chi connectivity index (χ1n) is 6.29. The molecule has 0 N–H and O–H groups in total. The standard InChI is InChI=1S/C15H17N2S/c1-5-12-15-13(16-8-17(12)4)11-7-6-9(2)10(3)14(11)18-15/h6-8H,5H2,1-4H3/q+1. The first kappa shape index (κ1) is 11.6. The zero-order valence-corrected chi connectivity index (χ0v) is 12.1. The number of aryl methyl sites for hydroxylation is 4. The molecule has 0 aliphatic heterocycles. The number of hydrogen-bond acceptors (Lipinski definition) is 2. The minimum atomic E-state index is 1.04. The van der Waals surface area contributed by atoms with Crippen molar-refractivity contribution in [2.75, 3.05) is 0 Å². The van der Waals surface area contributed by atoms with E-state index in [0.29, 0.717) is 0 Å². The van der Waals surface area contributed by atoms with Gasteiger partial charge in [-0.2, -0.15) is 0 Å². The van der Waals surface area contributed by atoms with Crippen molar-refractivity contribution in [1.29, 1.82) is 0 Å². The molecular weight excluding hydrogens is 240 g/mol. The molecule has 0 saturated heterocycles. The fraction of sp³-hybridized carbons (Fsp3) is 0.333. The van der Waals surface area contributed by atoms with Crippen molar-refractivity contribution in [2.45, 2.75) is 27.2 Å². The van der Waals surface area contributed by atoms with E-state index in [1.807, 2.05) is 17.7 Å². The molecule has 2 nitrogen and oxygen atoms in total. The predicted molar refractivity (Wildman–Crippen MR) is 77.2 cm³/mol. The van der Waals surface area contributed by atoms with Gasteiger partial charge in [-0.05, 0) is 36.0 Å². The third-order valence-electron chi connectivity index (χ3n) is 3.73. The maximum Gasteiger partial charge on any atom is 0.286 e. The Hall–Kier alpha value is -1.48. The van der Waals surface area contributed by atoms with Crippen molar-refractivity contribution < 1.29 is 4.57 Å². The second kappa shape index (κ2) is 4.02. The smallest absolute Gasteiger partial charge is 0.236 e. The molecule has 3 aromatic rings. The van der Waals surface area contributed by atoms with Crippen LogP contribution in [0.5, 0.6) is 0 Å².